The van der Waals surface area contributed by atoms with Crippen LogP contribution in [-0.2, 0) is 4.79 Å². The van der Waals surface area contributed by atoms with Gasteiger partial charge in [-0.2, -0.15) is 0 Å². The second kappa shape index (κ2) is 7.07. The van der Waals surface area contributed by atoms with Gasteiger partial charge in [0.25, 0.3) is 0 Å². The number of anilines is 1. The van der Waals surface area contributed by atoms with E-state index in [0.29, 0.717) is 8.95 Å². The molecule has 2 rings (SSSR count). The van der Waals surface area contributed by atoms with Gasteiger partial charge in [0.2, 0.25) is 5.91 Å². The van der Waals surface area contributed by atoms with Crippen LogP contribution in [0.2, 0.25) is 0 Å². The molecule has 0 saturated carbocycles. The molecule has 0 aliphatic carbocycles. The van der Waals surface area contributed by atoms with Crippen LogP contribution in [0.5, 0.6) is 0 Å². The Balaban J connectivity index is 2.31. The smallest absolute Gasteiger partial charge is 0.338 e. The van der Waals surface area contributed by atoms with E-state index < -0.39 is 5.97 Å². The fourth-order valence-electron chi connectivity index (χ4n) is 2.02. The van der Waals surface area contributed by atoms with Gasteiger partial charge in [-0.25, -0.2) is 4.79 Å². The van der Waals surface area contributed by atoms with Gasteiger partial charge in [0.15, 0.2) is 0 Å². The van der Waals surface area contributed by atoms with E-state index in [-0.39, 0.29) is 23.1 Å². The predicted octanol–water partition coefficient (Wildman–Crippen LogP) is 4.65. The standard InChI is InChI=1S/C16H13Br2NO3/c1-9(10-5-3-2-4-6-10)15(20)19-13-8-11(17)7-12(18)14(13)16(21)22/h2-9H,1H3,(H,19,20)(H,21,22). The Hall–Kier alpha value is -1.66. The fraction of sp³-hybridized carbons (Fsp3) is 0.125. The second-order valence-electron chi connectivity index (χ2n) is 4.74. The zero-order chi connectivity index (χ0) is 16.3. The average Bonchev–Trinajstić information content (AvgIpc) is 2.46. The van der Waals surface area contributed by atoms with E-state index in [9.17, 15) is 14.7 Å². The first kappa shape index (κ1) is 16.7. The van der Waals surface area contributed by atoms with Crippen LogP contribution in [0.25, 0.3) is 0 Å². The van der Waals surface area contributed by atoms with Crippen LogP contribution < -0.4 is 5.32 Å². The molecule has 0 aromatic heterocycles. The first-order valence-electron chi connectivity index (χ1n) is 6.48. The maximum Gasteiger partial charge on any atom is 0.338 e. The number of rotatable bonds is 4. The summed E-state index contributed by atoms with van der Waals surface area (Å²) in [4.78, 5) is 23.8. The van der Waals surface area contributed by atoms with Crippen LogP contribution in [0.3, 0.4) is 0 Å². The van der Waals surface area contributed by atoms with Gasteiger partial charge in [-0.1, -0.05) is 46.3 Å². The average molecular weight is 427 g/mol. The Morgan fingerprint density at radius 3 is 2.36 bits per heavy atom. The molecular formula is C16H13Br2NO3. The van der Waals surface area contributed by atoms with Crippen LogP contribution in [0.4, 0.5) is 5.69 Å². The summed E-state index contributed by atoms with van der Waals surface area (Å²) in [5.41, 5.74) is 1.14. The molecule has 0 bridgehead atoms. The third-order valence-corrected chi connectivity index (χ3v) is 4.30. The van der Waals surface area contributed by atoms with E-state index in [0.717, 1.165) is 5.56 Å². The van der Waals surface area contributed by atoms with Crippen LogP contribution >= 0.6 is 31.9 Å². The molecule has 0 aliphatic rings. The molecule has 1 atom stereocenters. The molecule has 0 aliphatic heterocycles. The molecule has 22 heavy (non-hydrogen) atoms. The van der Waals surface area contributed by atoms with Crippen molar-refractivity contribution in [2.24, 2.45) is 0 Å². The molecule has 2 N–H and O–H groups in total. The molecule has 0 saturated heterocycles. The lowest BCUT2D eigenvalue weighted by molar-refractivity contribution is -0.117. The summed E-state index contributed by atoms with van der Waals surface area (Å²) in [6.45, 7) is 1.78. The summed E-state index contributed by atoms with van der Waals surface area (Å²) < 4.78 is 1.07. The molecule has 114 valence electrons. The lowest BCUT2D eigenvalue weighted by Crippen LogP contribution is -2.20. The Bertz CT molecular complexity index is 717. The highest BCUT2D eigenvalue weighted by molar-refractivity contribution is 9.11. The zero-order valence-corrected chi connectivity index (χ0v) is 14.8. The number of carbonyl (C=O) groups excluding carboxylic acids is 1. The van der Waals surface area contributed by atoms with E-state index >= 15 is 0 Å². The van der Waals surface area contributed by atoms with Crippen molar-refractivity contribution in [3.8, 4) is 0 Å². The largest absolute Gasteiger partial charge is 0.478 e. The van der Waals surface area contributed by atoms with Crippen molar-refractivity contribution in [3.05, 3.63) is 62.5 Å². The Kier molecular flexibility index (Phi) is 5.37. The number of carboxylic acid groups (broad SMARTS) is 1. The van der Waals surface area contributed by atoms with Crippen molar-refractivity contribution < 1.29 is 14.7 Å². The van der Waals surface area contributed by atoms with Crippen LogP contribution in [0.15, 0.2) is 51.4 Å². The highest BCUT2D eigenvalue weighted by Crippen LogP contribution is 2.30. The van der Waals surface area contributed by atoms with Gasteiger partial charge in [-0.3, -0.25) is 4.79 Å². The predicted molar refractivity (Wildman–Crippen MR) is 92.3 cm³/mol. The zero-order valence-electron chi connectivity index (χ0n) is 11.6. The monoisotopic (exact) mass is 425 g/mol. The number of hydrogen-bond acceptors (Lipinski definition) is 2. The van der Waals surface area contributed by atoms with Crippen molar-refractivity contribution in [2.75, 3.05) is 5.32 Å². The lowest BCUT2D eigenvalue weighted by Gasteiger charge is -2.15. The van der Waals surface area contributed by atoms with E-state index in [1.807, 2.05) is 30.3 Å². The molecule has 1 unspecified atom stereocenters. The number of aromatic carboxylic acids is 1. The number of benzene rings is 2. The highest BCUT2D eigenvalue weighted by atomic mass is 79.9. The summed E-state index contributed by atoms with van der Waals surface area (Å²) in [6.07, 6.45) is 0. The second-order valence-corrected chi connectivity index (χ2v) is 6.51. The van der Waals surface area contributed by atoms with Crippen molar-refractivity contribution in [1.29, 1.82) is 0 Å². The molecule has 2 aromatic rings. The molecule has 0 fully saturated rings. The van der Waals surface area contributed by atoms with E-state index in [2.05, 4.69) is 37.2 Å². The van der Waals surface area contributed by atoms with Gasteiger partial charge < -0.3 is 10.4 Å². The third kappa shape index (κ3) is 3.75. The molecule has 1 amide bonds. The minimum absolute atomic E-state index is 0.0248. The maximum absolute atomic E-state index is 12.4. The molecule has 6 heteroatoms. The summed E-state index contributed by atoms with van der Waals surface area (Å²) in [7, 11) is 0. The first-order valence-corrected chi connectivity index (χ1v) is 8.07. The molecule has 2 aromatic carbocycles. The topological polar surface area (TPSA) is 66.4 Å². The molecule has 4 nitrogen and oxygen atoms in total. The van der Waals surface area contributed by atoms with Gasteiger partial charge in [-0.15, -0.1) is 0 Å². The van der Waals surface area contributed by atoms with E-state index in [1.165, 1.54) is 0 Å². The molecule has 0 radical (unpaired) electrons. The van der Waals surface area contributed by atoms with Crippen LogP contribution in [0, 0.1) is 0 Å². The van der Waals surface area contributed by atoms with E-state index in [1.54, 1.807) is 19.1 Å². The Morgan fingerprint density at radius 2 is 1.77 bits per heavy atom. The SMILES string of the molecule is CC(C(=O)Nc1cc(Br)cc(Br)c1C(=O)O)c1ccccc1. The van der Waals surface area contributed by atoms with Crippen molar-refractivity contribution in [2.45, 2.75) is 12.8 Å². The fourth-order valence-corrected chi connectivity index (χ4v) is 3.42. The van der Waals surface area contributed by atoms with Gasteiger partial charge in [0.1, 0.15) is 0 Å². The minimum Gasteiger partial charge on any atom is -0.478 e. The summed E-state index contributed by atoms with van der Waals surface area (Å²) in [5.74, 6) is -1.76. The summed E-state index contributed by atoms with van der Waals surface area (Å²) in [6, 6.07) is 12.5. The maximum atomic E-state index is 12.4. The summed E-state index contributed by atoms with van der Waals surface area (Å²) in [5, 5.41) is 12.0. The van der Waals surface area contributed by atoms with E-state index in [4.69, 9.17) is 0 Å². The third-order valence-electron chi connectivity index (χ3n) is 3.22. The lowest BCUT2D eigenvalue weighted by atomic mass is 10.0. The number of carboxylic acids is 1. The van der Waals surface area contributed by atoms with Crippen molar-refractivity contribution >= 4 is 49.4 Å². The number of nitrogens with one attached hydrogen (secondary N) is 1. The molecular weight excluding hydrogens is 414 g/mol. The number of carbonyl (C=O) groups is 2. The van der Waals surface area contributed by atoms with Crippen molar-refractivity contribution in [3.63, 3.8) is 0 Å². The molecule has 0 heterocycles. The molecule has 0 spiro atoms. The number of halogens is 2. The number of amides is 1. The normalized spacial score (nSPS) is 11.8. The van der Waals surface area contributed by atoms with Gasteiger partial charge in [0.05, 0.1) is 17.2 Å². The Labute approximate surface area is 144 Å². The first-order chi connectivity index (χ1) is 10.4. The Morgan fingerprint density at radius 1 is 1.14 bits per heavy atom. The van der Waals surface area contributed by atoms with Gasteiger partial charge >= 0.3 is 5.97 Å². The summed E-state index contributed by atoms with van der Waals surface area (Å²) >= 11 is 6.50. The highest BCUT2D eigenvalue weighted by Gasteiger charge is 2.20. The van der Waals surface area contributed by atoms with Gasteiger partial charge in [-0.05, 0) is 40.5 Å². The minimum atomic E-state index is -1.11. The van der Waals surface area contributed by atoms with Crippen molar-refractivity contribution in [1.82, 2.24) is 0 Å². The quantitative estimate of drug-likeness (QED) is 0.747. The van der Waals surface area contributed by atoms with Crippen LogP contribution in [-0.4, -0.2) is 17.0 Å². The van der Waals surface area contributed by atoms with Crippen LogP contribution in [0.1, 0.15) is 28.8 Å². The van der Waals surface area contributed by atoms with Gasteiger partial charge in [0, 0.05) is 8.95 Å². The number of hydrogen-bond donors (Lipinski definition) is 2.